The third-order valence-corrected chi connectivity index (χ3v) is 3.04. The van der Waals surface area contributed by atoms with Crippen molar-refractivity contribution in [1.82, 2.24) is 15.5 Å². The predicted molar refractivity (Wildman–Crippen MR) is 75.7 cm³/mol. The molecular formula is C13H16BrN3O3. The fourth-order valence-electron chi connectivity index (χ4n) is 1.85. The maximum absolute atomic E-state index is 11.3. The summed E-state index contributed by atoms with van der Waals surface area (Å²) in [5.41, 5.74) is 0. The smallest absolute Gasteiger partial charge is 0.249 e. The first-order valence-electron chi connectivity index (χ1n) is 6.32. The number of halogens is 1. The molecule has 0 bridgehead atoms. The Morgan fingerprint density at radius 3 is 2.75 bits per heavy atom. The number of hydrogen-bond acceptors (Lipinski definition) is 5. The van der Waals surface area contributed by atoms with Gasteiger partial charge < -0.3 is 14.3 Å². The molecule has 2 aromatic rings. The molecule has 0 aliphatic rings. The van der Waals surface area contributed by atoms with Crippen molar-refractivity contribution in [2.24, 2.45) is 5.92 Å². The highest BCUT2D eigenvalue weighted by Gasteiger charge is 2.22. The molecule has 1 amide bonds. The van der Waals surface area contributed by atoms with Crippen LogP contribution in [0.15, 0.2) is 25.7 Å². The van der Waals surface area contributed by atoms with Crippen LogP contribution in [0.5, 0.6) is 0 Å². The third-order valence-electron chi connectivity index (χ3n) is 2.62. The highest BCUT2D eigenvalue weighted by atomic mass is 79.9. The van der Waals surface area contributed by atoms with Gasteiger partial charge in [0.05, 0.1) is 0 Å². The van der Waals surface area contributed by atoms with Gasteiger partial charge in [-0.15, -0.1) is 0 Å². The van der Waals surface area contributed by atoms with E-state index in [4.69, 9.17) is 8.94 Å². The van der Waals surface area contributed by atoms with E-state index in [1.54, 1.807) is 12.1 Å². The number of hydrogen-bond donors (Lipinski definition) is 1. The zero-order valence-corrected chi connectivity index (χ0v) is 13.1. The Kier molecular flexibility index (Phi) is 4.59. The average molecular weight is 342 g/mol. The molecule has 6 nitrogen and oxygen atoms in total. The van der Waals surface area contributed by atoms with Gasteiger partial charge in [0.1, 0.15) is 6.04 Å². The first kappa shape index (κ1) is 14.8. The number of aromatic nitrogens is 2. The number of carbonyl (C=O) groups is 1. The number of nitrogens with zero attached hydrogens (tertiary/aromatic N) is 2. The van der Waals surface area contributed by atoms with Crippen LogP contribution < -0.4 is 5.32 Å². The summed E-state index contributed by atoms with van der Waals surface area (Å²) in [7, 11) is 0. The minimum absolute atomic E-state index is 0.129. The predicted octanol–water partition coefficient (Wildman–Crippen LogP) is 3.32. The van der Waals surface area contributed by atoms with Crippen molar-refractivity contribution < 1.29 is 13.7 Å². The number of carbonyl (C=O) groups excluding carboxylic acids is 1. The molecule has 1 atom stereocenters. The van der Waals surface area contributed by atoms with E-state index in [2.05, 4.69) is 45.2 Å². The molecule has 0 unspecified atom stereocenters. The topological polar surface area (TPSA) is 81.2 Å². The lowest BCUT2D eigenvalue weighted by atomic mass is 10.0. The third kappa shape index (κ3) is 3.69. The SMILES string of the molecule is CC(=O)N[C@@H](CC(C)C)c1nc(-c2ccc(Br)o2)no1. The van der Waals surface area contributed by atoms with Gasteiger partial charge in [-0.1, -0.05) is 19.0 Å². The molecule has 0 fully saturated rings. The highest BCUT2D eigenvalue weighted by molar-refractivity contribution is 9.10. The standard InChI is InChI=1S/C13H16BrN3O3/c1-7(2)6-9(15-8(3)18)13-16-12(17-20-13)10-4-5-11(14)19-10/h4-5,7,9H,6H2,1-3H3,(H,15,18)/t9-/m0/s1. The minimum Gasteiger partial charge on any atom is -0.446 e. The summed E-state index contributed by atoms with van der Waals surface area (Å²) in [6, 6.07) is 3.21. The van der Waals surface area contributed by atoms with E-state index in [9.17, 15) is 4.79 Å². The van der Waals surface area contributed by atoms with E-state index in [0.717, 1.165) is 6.42 Å². The molecular weight excluding hydrogens is 326 g/mol. The lowest BCUT2D eigenvalue weighted by Crippen LogP contribution is -2.27. The van der Waals surface area contributed by atoms with E-state index in [-0.39, 0.29) is 11.9 Å². The molecule has 0 spiro atoms. The Labute approximate surface area is 125 Å². The Morgan fingerprint density at radius 2 is 2.20 bits per heavy atom. The molecule has 2 heterocycles. The van der Waals surface area contributed by atoms with E-state index in [1.165, 1.54) is 6.92 Å². The molecule has 1 N–H and O–H groups in total. The van der Waals surface area contributed by atoms with Crippen molar-refractivity contribution in [3.8, 4) is 11.6 Å². The molecule has 2 aromatic heterocycles. The van der Waals surface area contributed by atoms with Crippen LogP contribution in [0.25, 0.3) is 11.6 Å². The molecule has 0 aromatic carbocycles. The van der Waals surface area contributed by atoms with Crippen LogP contribution >= 0.6 is 15.9 Å². The van der Waals surface area contributed by atoms with Gasteiger partial charge in [0, 0.05) is 6.92 Å². The van der Waals surface area contributed by atoms with Gasteiger partial charge in [-0.25, -0.2) is 0 Å². The zero-order chi connectivity index (χ0) is 14.7. The van der Waals surface area contributed by atoms with Crippen LogP contribution in [0, 0.1) is 5.92 Å². The summed E-state index contributed by atoms with van der Waals surface area (Å²) in [4.78, 5) is 15.6. The second-order valence-electron chi connectivity index (χ2n) is 4.94. The van der Waals surface area contributed by atoms with Crippen molar-refractivity contribution in [2.45, 2.75) is 33.2 Å². The largest absolute Gasteiger partial charge is 0.446 e. The van der Waals surface area contributed by atoms with Crippen LogP contribution in [0.4, 0.5) is 0 Å². The van der Waals surface area contributed by atoms with Crippen molar-refractivity contribution in [3.05, 3.63) is 22.7 Å². The monoisotopic (exact) mass is 341 g/mol. The summed E-state index contributed by atoms with van der Waals surface area (Å²) in [5, 5.41) is 6.71. The van der Waals surface area contributed by atoms with Crippen molar-refractivity contribution in [3.63, 3.8) is 0 Å². The molecule has 0 aliphatic heterocycles. The lowest BCUT2D eigenvalue weighted by molar-refractivity contribution is -0.120. The summed E-state index contributed by atoms with van der Waals surface area (Å²) < 4.78 is 11.2. The molecule has 0 saturated carbocycles. The average Bonchev–Trinajstić information content (AvgIpc) is 2.94. The van der Waals surface area contributed by atoms with E-state index in [0.29, 0.717) is 28.1 Å². The summed E-state index contributed by atoms with van der Waals surface area (Å²) in [5.74, 6) is 1.52. The van der Waals surface area contributed by atoms with Gasteiger partial charge in [0.25, 0.3) is 0 Å². The fraction of sp³-hybridized carbons (Fsp3) is 0.462. The van der Waals surface area contributed by atoms with Crippen LogP contribution in [-0.2, 0) is 4.79 Å². The maximum Gasteiger partial charge on any atom is 0.249 e. The fourth-order valence-corrected chi connectivity index (χ4v) is 2.16. The van der Waals surface area contributed by atoms with Gasteiger partial charge in [-0.05, 0) is 40.4 Å². The normalized spacial score (nSPS) is 12.7. The molecule has 2 rings (SSSR count). The zero-order valence-electron chi connectivity index (χ0n) is 11.5. The van der Waals surface area contributed by atoms with Gasteiger partial charge in [-0.2, -0.15) is 4.98 Å². The molecule has 0 aliphatic carbocycles. The number of amides is 1. The first-order chi connectivity index (χ1) is 9.45. The van der Waals surface area contributed by atoms with Crippen LogP contribution in [0.2, 0.25) is 0 Å². The number of furan rings is 1. The van der Waals surface area contributed by atoms with Crippen molar-refractivity contribution in [1.29, 1.82) is 0 Å². The van der Waals surface area contributed by atoms with Gasteiger partial charge in [0.2, 0.25) is 17.6 Å². The summed E-state index contributed by atoms with van der Waals surface area (Å²) >= 11 is 3.22. The Hall–Kier alpha value is -1.63. The first-order valence-corrected chi connectivity index (χ1v) is 7.11. The summed E-state index contributed by atoms with van der Waals surface area (Å²) in [6.45, 7) is 5.60. The molecule has 108 valence electrons. The Morgan fingerprint density at radius 1 is 1.45 bits per heavy atom. The Balaban J connectivity index is 2.21. The Bertz CT molecular complexity index is 591. The van der Waals surface area contributed by atoms with Crippen LogP contribution in [-0.4, -0.2) is 16.0 Å². The number of nitrogens with one attached hydrogen (secondary N) is 1. The lowest BCUT2D eigenvalue weighted by Gasteiger charge is -2.15. The molecule has 0 saturated heterocycles. The molecule has 7 heteroatoms. The van der Waals surface area contributed by atoms with E-state index >= 15 is 0 Å². The maximum atomic E-state index is 11.3. The van der Waals surface area contributed by atoms with Crippen molar-refractivity contribution in [2.75, 3.05) is 0 Å². The van der Waals surface area contributed by atoms with Crippen molar-refractivity contribution >= 4 is 21.8 Å². The molecule has 20 heavy (non-hydrogen) atoms. The second-order valence-corrected chi connectivity index (χ2v) is 5.72. The van der Waals surface area contributed by atoms with E-state index in [1.807, 2.05) is 0 Å². The van der Waals surface area contributed by atoms with E-state index < -0.39 is 0 Å². The minimum atomic E-state index is -0.285. The molecule has 0 radical (unpaired) electrons. The summed E-state index contributed by atoms with van der Waals surface area (Å²) in [6.07, 6.45) is 0.725. The van der Waals surface area contributed by atoms with Gasteiger partial charge in [-0.3, -0.25) is 4.79 Å². The van der Waals surface area contributed by atoms with Gasteiger partial charge >= 0.3 is 0 Å². The second kappa shape index (κ2) is 6.21. The number of rotatable bonds is 5. The van der Waals surface area contributed by atoms with Crippen LogP contribution in [0.3, 0.4) is 0 Å². The quantitative estimate of drug-likeness (QED) is 0.901. The van der Waals surface area contributed by atoms with Gasteiger partial charge in [0.15, 0.2) is 10.4 Å². The highest BCUT2D eigenvalue weighted by Crippen LogP contribution is 2.25. The van der Waals surface area contributed by atoms with Crippen LogP contribution in [0.1, 0.15) is 39.1 Å².